The molecule has 21 heteroatoms. The molecule has 0 aliphatic carbocycles. The molecular formula is C83H70AlBBrIN11O2S4. The first-order valence-corrected chi connectivity index (χ1v) is 37.6. The van der Waals surface area contributed by atoms with Gasteiger partial charge in [-0.2, -0.15) is 0 Å². The van der Waals surface area contributed by atoms with E-state index in [0.29, 0.717) is 11.4 Å². The maximum Gasteiger partial charge on any atom is 0.146 e. The molecule has 8 N–H and O–H groups in total. The van der Waals surface area contributed by atoms with E-state index >= 15 is 0 Å². The number of benzene rings is 8. The monoisotopic (exact) mass is 1630 g/mol. The standard InChI is InChI=1S/C22H15N3S.C22H19N3S.C17H12N2S.C16H14N2S.C5H4BrN.CH2O2.Al.BH2I.2H/c1-3-9-16(10-4-1)21-19-20(22(26-21)17-11-5-2-6-12-17)25(15-24-19)18-13-7-8-14-23-18;1-23-19-20(25-18-14-8-9-15-24-18)22(17-12-6-3-7-13-17)26-21(19)16-10-4-2-5-11-16;1-3-7-12(8-4-1)16-14-15(19-11-18-14)17(20-16)13-9-5-2-6-10-13;17-13-14(18)16(12-9-5-2-6-10-12)19-15(13)11-7-3-1-4-8-11;6-5-3-1-2-4-7-5;2-1-3;;1-2;;/h1-15H;2-15,23H,1H3,(H,24,25);1-11H,(H,18,19);1-10H,17-18H2;1-4H;1H,(H,2,3);;2H2;;/i;;;;;;;2D;;. The quantitative estimate of drug-likeness (QED) is 0.0294. The van der Waals surface area contributed by atoms with Crippen LogP contribution in [0.3, 0.4) is 0 Å². The van der Waals surface area contributed by atoms with Gasteiger partial charge in [0.05, 0.1) is 79.1 Å². The van der Waals surface area contributed by atoms with Crippen LogP contribution in [-0.2, 0) is 4.79 Å². The Labute approximate surface area is 654 Å². The summed E-state index contributed by atoms with van der Waals surface area (Å²) in [4.78, 5) is 43.1. The second kappa shape index (κ2) is 39.2. The topological polar surface area (TPSA) is 199 Å². The number of aromatic amines is 1. The third kappa shape index (κ3) is 19.0. The van der Waals surface area contributed by atoms with Gasteiger partial charge in [-0.25, -0.2) is 24.9 Å². The number of nitrogens with one attached hydrogen (secondary N) is 3. The zero-order chi connectivity index (χ0) is 72.2. The Morgan fingerprint density at radius 1 is 0.452 bits per heavy atom. The molecular weight excluding hydrogens is 1560 g/mol. The molecule has 0 atom stereocenters. The predicted molar refractivity (Wildman–Crippen MR) is 460 cm³/mol. The maximum absolute atomic E-state index is 8.36. The van der Waals surface area contributed by atoms with Gasteiger partial charge in [-0.1, -0.05) is 261 Å². The van der Waals surface area contributed by atoms with Crippen molar-refractivity contribution in [2.75, 3.05) is 29.1 Å². The van der Waals surface area contributed by atoms with E-state index in [0.717, 1.165) is 70.6 Å². The van der Waals surface area contributed by atoms with Gasteiger partial charge in [0.15, 0.2) is 0 Å². The summed E-state index contributed by atoms with van der Waals surface area (Å²) in [5, 5.41) is 13.8. The maximum atomic E-state index is 8.36. The van der Waals surface area contributed by atoms with E-state index in [1.54, 1.807) is 64.1 Å². The molecule has 0 spiro atoms. The average molecular weight is 1630 g/mol. The fourth-order valence-electron chi connectivity index (χ4n) is 10.9. The van der Waals surface area contributed by atoms with Crippen LogP contribution in [0.4, 0.5) is 28.6 Å². The number of anilines is 5. The molecule has 9 heterocycles. The van der Waals surface area contributed by atoms with Gasteiger partial charge < -0.3 is 32.2 Å². The number of H-pyrrole nitrogens is 1. The van der Waals surface area contributed by atoms with E-state index in [9.17, 15) is 0 Å². The van der Waals surface area contributed by atoms with Gasteiger partial charge in [0.25, 0.3) is 6.47 Å². The first-order valence-electron chi connectivity index (χ1n) is 32.6. The normalized spacial score (nSPS) is 10.3. The van der Waals surface area contributed by atoms with Crippen molar-refractivity contribution >= 4 is 164 Å². The number of hydrogen-bond acceptors (Lipinski definition) is 14. The van der Waals surface area contributed by atoms with Gasteiger partial charge in [-0.3, -0.25) is 9.36 Å². The van der Waals surface area contributed by atoms with E-state index in [1.807, 2.05) is 147 Å². The van der Waals surface area contributed by atoms with Crippen LogP contribution in [0.5, 0.6) is 0 Å². The number of carbonyl (C=O) groups is 1. The number of halogens is 2. The van der Waals surface area contributed by atoms with Crippen LogP contribution in [0.25, 0.3) is 111 Å². The van der Waals surface area contributed by atoms with Crippen molar-refractivity contribution in [2.45, 2.75) is 0 Å². The Bertz CT molecular complexity index is 5230. The van der Waals surface area contributed by atoms with Crippen molar-refractivity contribution < 1.29 is 9.90 Å². The molecule has 0 amide bonds. The summed E-state index contributed by atoms with van der Waals surface area (Å²) in [5.74, 6) is 1.71. The van der Waals surface area contributed by atoms with Crippen LogP contribution in [0.1, 0.15) is 0 Å². The summed E-state index contributed by atoms with van der Waals surface area (Å²) < 4.78 is 9.08. The zero-order valence-corrected chi connectivity index (χ0v) is 65.6. The van der Waals surface area contributed by atoms with Gasteiger partial charge in [0.1, 0.15) is 51.0 Å². The van der Waals surface area contributed by atoms with Gasteiger partial charge in [-0.15, -0.1) is 45.3 Å². The Hall–Kier alpha value is -10.6. The molecule has 0 aliphatic heterocycles. The van der Waals surface area contributed by atoms with Crippen molar-refractivity contribution in [1.29, 1.82) is 0.594 Å². The number of fused-ring (bicyclic) bond motifs is 2. The Morgan fingerprint density at radius 2 is 0.798 bits per heavy atom. The molecule has 13 nitrogen and oxygen atoms in total. The Balaban J connectivity index is 0.000000142. The number of rotatable bonds is 12. The fourth-order valence-corrected chi connectivity index (χ4v) is 16.1. The predicted octanol–water partition coefficient (Wildman–Crippen LogP) is 21.9. The molecule has 0 bridgehead atoms. The summed E-state index contributed by atoms with van der Waals surface area (Å²) in [5.41, 5.74) is 34.2. The third-order valence-corrected chi connectivity index (χ3v) is 21.2. The summed E-state index contributed by atoms with van der Waals surface area (Å²) in [6.45, 7) is -0.250. The van der Waals surface area contributed by atoms with Gasteiger partial charge >= 0.3 is 28.5 Å². The van der Waals surface area contributed by atoms with Crippen molar-refractivity contribution in [1.82, 2.24) is 34.5 Å². The SMILES string of the molecule is Brc1ccccn1.CNc1c(-c2ccccc2)sc(-c2ccccc2)c1Nc1ccccn1.Nc1c(-c2ccccc2)sc(-c2ccccc2)c1N.O=CO.[2H][IH][B].[AlH2].c1ccc(-c2sc(-c3ccccc3)c3[nH]cnc23)cc1.c1ccc(-c2sc(-c3ccccc3)c3c2ncn3-c2ccccn2)cc1. The summed E-state index contributed by atoms with van der Waals surface area (Å²) in [7, 11) is 1.97. The molecule has 0 unspecified atom stereocenters. The van der Waals surface area contributed by atoms with Crippen molar-refractivity contribution in [3.63, 3.8) is 0 Å². The Kier molecular flexibility index (Phi) is 28.1. The van der Waals surface area contributed by atoms with E-state index in [-0.39, 0.29) is 23.8 Å². The van der Waals surface area contributed by atoms with Crippen LogP contribution < -0.4 is 22.1 Å². The van der Waals surface area contributed by atoms with Crippen molar-refractivity contribution in [3.8, 4) is 89.3 Å². The minimum Gasteiger partial charge on any atom is -0.343 e. The Morgan fingerprint density at radius 3 is 1.19 bits per heavy atom. The second-order valence-corrected chi connectivity index (χ2v) is 26.9. The molecule has 17 rings (SSSR count). The van der Waals surface area contributed by atoms with Crippen molar-refractivity contribution in [2.24, 2.45) is 0 Å². The first-order chi connectivity index (χ1) is 51.2. The third-order valence-electron chi connectivity index (χ3n) is 15.6. The average Bonchev–Trinajstić information content (AvgIpc) is 1.60. The zero-order valence-electron chi connectivity index (χ0n) is 57.4. The molecule has 0 saturated heterocycles. The minimum absolute atomic E-state index is 0. The summed E-state index contributed by atoms with van der Waals surface area (Å²) >= 11 is 9.42. The number of thiophene rings is 4. The summed E-state index contributed by atoms with van der Waals surface area (Å²) in [6.07, 6.45) is 9.00. The minimum atomic E-state index is -0.780. The van der Waals surface area contributed by atoms with Crippen LogP contribution in [0, 0.1) is 0 Å². The van der Waals surface area contributed by atoms with Crippen LogP contribution in [0.2, 0.25) is 0 Å². The van der Waals surface area contributed by atoms with E-state index in [4.69, 9.17) is 26.9 Å². The van der Waals surface area contributed by atoms with Gasteiger partial charge in [-0.05, 0) is 96.8 Å². The van der Waals surface area contributed by atoms with Crippen LogP contribution in [-0.4, -0.2) is 76.8 Å². The molecule has 0 fully saturated rings. The number of nitrogens with zero attached hydrogens (tertiary/aromatic N) is 6. The van der Waals surface area contributed by atoms with Crippen LogP contribution in [0.15, 0.2) is 333 Å². The van der Waals surface area contributed by atoms with Gasteiger partial charge in [0, 0.05) is 25.6 Å². The number of imidazole rings is 2. The molecule has 3 radical (unpaired) electrons. The molecule has 9 aromatic heterocycles. The number of hydrogen-bond donors (Lipinski definition) is 6. The molecule has 0 aliphatic rings. The number of aromatic nitrogens is 7. The fraction of sp³-hybridized carbons (Fsp3) is 0.0120. The number of pyridine rings is 3. The van der Waals surface area contributed by atoms with Crippen LogP contribution >= 0.6 is 83.5 Å². The van der Waals surface area contributed by atoms with E-state index < -0.39 is 22.2 Å². The largest absolute Gasteiger partial charge is 0.343 e. The molecule has 0 saturated carbocycles. The first kappa shape index (κ1) is 74.6. The van der Waals surface area contributed by atoms with Gasteiger partial charge in [0.2, 0.25) is 0 Å². The molecule has 513 valence electrons. The van der Waals surface area contributed by atoms with Crippen molar-refractivity contribution in [3.05, 3.63) is 333 Å². The molecule has 8 aromatic carbocycles. The molecule has 17 aromatic rings. The number of nitrogens with two attached hydrogens (primary N) is 2. The molecule has 104 heavy (non-hydrogen) atoms. The second-order valence-electron chi connectivity index (χ2n) is 22.0. The number of carboxylic acid groups (broad SMARTS) is 1. The van der Waals surface area contributed by atoms with E-state index in [2.05, 4.69) is 232 Å². The number of nitrogen functional groups attached to an aromatic ring is 2. The summed E-state index contributed by atoms with van der Waals surface area (Å²) in [6, 6.07) is 101. The smallest absolute Gasteiger partial charge is 0.146 e. The van der Waals surface area contributed by atoms with E-state index in [1.165, 1.54) is 62.6 Å².